The van der Waals surface area contributed by atoms with E-state index in [0.29, 0.717) is 12.8 Å². The molecule has 0 aliphatic carbocycles. The van der Waals surface area contributed by atoms with Gasteiger partial charge in [0.15, 0.2) is 6.04 Å². The molecule has 3 unspecified atom stereocenters. The van der Waals surface area contributed by atoms with Crippen LogP contribution in [0.1, 0.15) is 232 Å². The molecule has 0 aliphatic heterocycles. The molecule has 0 fully saturated rings. The molecule has 0 aromatic carbocycles. The standard InChI is InChI=1S/C44H86NO10P/c1-3-5-7-9-11-13-15-17-19-20-22-23-25-27-29-31-33-35-42(47)45-41(44(49)50)39-55-56(51,52)54-38-40(46)37-53-43(48)36-34-32-30-28-26-24-21-18-16-14-12-10-8-6-4-2/h40-41,46H,3-39H2,1-2H3,(H,45,47)(H,49,50)(H,51,52). The number of carbonyl (C=O) groups is 3. The van der Waals surface area contributed by atoms with Crippen LogP contribution < -0.4 is 5.32 Å². The number of hydrogen-bond donors (Lipinski definition) is 4. The van der Waals surface area contributed by atoms with E-state index in [1.165, 1.54) is 154 Å². The van der Waals surface area contributed by atoms with E-state index in [4.69, 9.17) is 13.8 Å². The first-order chi connectivity index (χ1) is 27.1. The molecule has 0 saturated heterocycles. The minimum absolute atomic E-state index is 0.153. The van der Waals surface area contributed by atoms with Gasteiger partial charge >= 0.3 is 19.8 Å². The number of rotatable bonds is 44. The zero-order valence-corrected chi connectivity index (χ0v) is 36.9. The fraction of sp³-hybridized carbons (Fsp3) is 0.932. The second kappa shape index (κ2) is 40.3. The van der Waals surface area contributed by atoms with E-state index in [-0.39, 0.29) is 12.8 Å². The number of phosphoric acid groups is 1. The fourth-order valence-electron chi connectivity index (χ4n) is 6.79. The van der Waals surface area contributed by atoms with Crippen molar-refractivity contribution in [2.24, 2.45) is 0 Å². The minimum Gasteiger partial charge on any atom is -0.480 e. The van der Waals surface area contributed by atoms with Crippen molar-refractivity contribution < 1.29 is 47.8 Å². The molecular formula is C44H86NO10P. The van der Waals surface area contributed by atoms with Crippen molar-refractivity contribution in [3.8, 4) is 0 Å². The van der Waals surface area contributed by atoms with E-state index in [1.807, 2.05) is 0 Å². The van der Waals surface area contributed by atoms with Crippen LogP contribution in [0.15, 0.2) is 0 Å². The minimum atomic E-state index is -4.75. The molecule has 4 N–H and O–H groups in total. The quantitative estimate of drug-likeness (QED) is 0.0264. The van der Waals surface area contributed by atoms with Crippen LogP contribution in [0.3, 0.4) is 0 Å². The van der Waals surface area contributed by atoms with E-state index in [0.717, 1.165) is 38.5 Å². The van der Waals surface area contributed by atoms with Crippen LogP contribution in [0.2, 0.25) is 0 Å². The molecule has 12 heteroatoms. The number of unbranched alkanes of at least 4 members (excludes halogenated alkanes) is 30. The molecule has 0 bridgehead atoms. The average Bonchev–Trinajstić information content (AvgIpc) is 3.17. The Balaban J connectivity index is 3.84. The molecule has 11 nitrogen and oxygen atoms in total. The van der Waals surface area contributed by atoms with Gasteiger partial charge in [0.2, 0.25) is 5.91 Å². The summed E-state index contributed by atoms with van der Waals surface area (Å²) >= 11 is 0. The molecule has 332 valence electrons. The Morgan fingerprint density at radius 3 is 1.18 bits per heavy atom. The third-order valence-corrected chi connectivity index (χ3v) is 11.3. The number of carboxylic acid groups (broad SMARTS) is 1. The summed E-state index contributed by atoms with van der Waals surface area (Å²) in [5.41, 5.74) is 0. The van der Waals surface area contributed by atoms with Crippen LogP contribution in [0, 0.1) is 0 Å². The summed E-state index contributed by atoms with van der Waals surface area (Å²) < 4.78 is 26.9. The fourth-order valence-corrected chi connectivity index (χ4v) is 7.56. The van der Waals surface area contributed by atoms with Gasteiger partial charge in [0.25, 0.3) is 0 Å². The van der Waals surface area contributed by atoms with Crippen LogP contribution in [-0.2, 0) is 32.7 Å². The van der Waals surface area contributed by atoms with Crippen molar-refractivity contribution in [3.63, 3.8) is 0 Å². The molecule has 0 aliphatic rings. The van der Waals surface area contributed by atoms with Crippen molar-refractivity contribution in [3.05, 3.63) is 0 Å². The van der Waals surface area contributed by atoms with Crippen molar-refractivity contribution in [2.45, 2.75) is 244 Å². The van der Waals surface area contributed by atoms with Crippen molar-refractivity contribution in [1.82, 2.24) is 5.32 Å². The van der Waals surface area contributed by atoms with Crippen molar-refractivity contribution in [2.75, 3.05) is 19.8 Å². The van der Waals surface area contributed by atoms with E-state index >= 15 is 0 Å². The monoisotopic (exact) mass is 820 g/mol. The lowest BCUT2D eigenvalue weighted by molar-refractivity contribution is -0.147. The lowest BCUT2D eigenvalue weighted by atomic mass is 10.0. The van der Waals surface area contributed by atoms with Gasteiger partial charge in [0.1, 0.15) is 12.7 Å². The Kier molecular flexibility index (Phi) is 39.2. The maximum Gasteiger partial charge on any atom is 0.472 e. The molecule has 0 spiro atoms. The van der Waals surface area contributed by atoms with Crippen molar-refractivity contribution in [1.29, 1.82) is 0 Å². The Morgan fingerprint density at radius 2 is 0.821 bits per heavy atom. The van der Waals surface area contributed by atoms with Crippen LogP contribution in [0.25, 0.3) is 0 Å². The predicted molar refractivity (Wildman–Crippen MR) is 227 cm³/mol. The summed E-state index contributed by atoms with van der Waals surface area (Å²) in [6.45, 7) is 2.63. The van der Waals surface area contributed by atoms with E-state index in [9.17, 15) is 34.1 Å². The molecule has 0 saturated carbocycles. The van der Waals surface area contributed by atoms with Gasteiger partial charge in [-0.1, -0.05) is 206 Å². The molecule has 0 heterocycles. The number of esters is 1. The third kappa shape index (κ3) is 39.3. The summed E-state index contributed by atoms with van der Waals surface area (Å²) in [6.07, 6.45) is 38.3. The summed E-state index contributed by atoms with van der Waals surface area (Å²) in [7, 11) is -4.75. The number of carboxylic acids is 1. The van der Waals surface area contributed by atoms with E-state index < -0.39 is 57.6 Å². The summed E-state index contributed by atoms with van der Waals surface area (Å²) in [5, 5.41) is 21.8. The SMILES string of the molecule is CCCCCCCCCCCCCCCCCCCC(=O)NC(COP(=O)(O)OCC(O)COC(=O)CCCCCCCCCCCCCCCCC)C(=O)O. The summed E-state index contributed by atoms with van der Waals surface area (Å²) in [5.74, 6) is -2.35. The van der Waals surface area contributed by atoms with Crippen LogP contribution in [-0.4, -0.2) is 64.9 Å². The van der Waals surface area contributed by atoms with Gasteiger partial charge in [-0.3, -0.25) is 18.6 Å². The highest BCUT2D eigenvalue weighted by Crippen LogP contribution is 2.43. The normalized spacial score (nSPS) is 13.6. The first kappa shape index (κ1) is 54.5. The molecular weight excluding hydrogens is 733 g/mol. The van der Waals surface area contributed by atoms with Crippen LogP contribution in [0.5, 0.6) is 0 Å². The van der Waals surface area contributed by atoms with Gasteiger partial charge in [-0.05, 0) is 12.8 Å². The lowest BCUT2D eigenvalue weighted by Gasteiger charge is -2.18. The number of aliphatic carboxylic acids is 1. The number of aliphatic hydroxyl groups excluding tert-OH is 1. The van der Waals surface area contributed by atoms with E-state index in [1.54, 1.807) is 0 Å². The Labute approximate surface area is 342 Å². The number of hydrogen-bond acceptors (Lipinski definition) is 8. The van der Waals surface area contributed by atoms with Gasteiger partial charge in [-0.25, -0.2) is 9.36 Å². The number of amides is 1. The number of phosphoric ester groups is 1. The van der Waals surface area contributed by atoms with Gasteiger partial charge in [-0.15, -0.1) is 0 Å². The van der Waals surface area contributed by atoms with Gasteiger partial charge in [0, 0.05) is 12.8 Å². The molecule has 3 atom stereocenters. The largest absolute Gasteiger partial charge is 0.480 e. The number of nitrogens with one attached hydrogen (secondary N) is 1. The number of aliphatic hydroxyl groups is 1. The van der Waals surface area contributed by atoms with E-state index in [2.05, 4.69) is 19.2 Å². The first-order valence-electron chi connectivity index (χ1n) is 23.1. The molecule has 56 heavy (non-hydrogen) atoms. The maximum atomic E-state index is 12.3. The second-order valence-electron chi connectivity index (χ2n) is 16.0. The summed E-state index contributed by atoms with van der Waals surface area (Å²) in [6, 6.07) is -1.54. The zero-order chi connectivity index (χ0) is 41.4. The van der Waals surface area contributed by atoms with Crippen molar-refractivity contribution >= 4 is 25.7 Å². The molecule has 1 amide bonds. The molecule has 0 rings (SSSR count). The Hall–Kier alpha value is -1.52. The molecule has 0 radical (unpaired) electrons. The van der Waals surface area contributed by atoms with Crippen LogP contribution in [0.4, 0.5) is 0 Å². The maximum absolute atomic E-state index is 12.3. The second-order valence-corrected chi connectivity index (χ2v) is 17.4. The highest BCUT2D eigenvalue weighted by molar-refractivity contribution is 7.47. The lowest BCUT2D eigenvalue weighted by Crippen LogP contribution is -2.43. The first-order valence-corrected chi connectivity index (χ1v) is 24.6. The Morgan fingerprint density at radius 1 is 0.500 bits per heavy atom. The molecule has 0 aromatic heterocycles. The number of carbonyl (C=O) groups excluding carboxylic acids is 2. The third-order valence-electron chi connectivity index (χ3n) is 10.4. The predicted octanol–water partition coefficient (Wildman–Crippen LogP) is 11.9. The smallest absolute Gasteiger partial charge is 0.472 e. The van der Waals surface area contributed by atoms with Gasteiger partial charge in [-0.2, -0.15) is 0 Å². The molecule has 0 aromatic rings. The average molecular weight is 820 g/mol. The highest BCUT2D eigenvalue weighted by Gasteiger charge is 2.28. The van der Waals surface area contributed by atoms with Crippen LogP contribution >= 0.6 is 7.82 Å². The topological polar surface area (TPSA) is 169 Å². The van der Waals surface area contributed by atoms with Gasteiger partial charge in [0.05, 0.1) is 13.2 Å². The summed E-state index contributed by atoms with van der Waals surface area (Å²) in [4.78, 5) is 45.9. The Bertz CT molecular complexity index is 968. The van der Waals surface area contributed by atoms with Gasteiger partial charge < -0.3 is 25.2 Å². The highest BCUT2D eigenvalue weighted by atomic mass is 31.2. The number of ether oxygens (including phenoxy) is 1. The zero-order valence-electron chi connectivity index (χ0n) is 36.0.